The van der Waals surface area contributed by atoms with Crippen LogP contribution >= 0.6 is 0 Å². The predicted molar refractivity (Wildman–Crippen MR) is 54.4 cm³/mol. The van der Waals surface area contributed by atoms with Crippen molar-refractivity contribution in [1.82, 2.24) is 0 Å². The molecular formula is C11H16O3. The third-order valence-corrected chi connectivity index (χ3v) is 1.82. The van der Waals surface area contributed by atoms with Crippen LogP contribution in [0.5, 0.6) is 5.75 Å². The van der Waals surface area contributed by atoms with Crippen molar-refractivity contribution in [2.75, 3.05) is 13.2 Å². The lowest BCUT2D eigenvalue weighted by Gasteiger charge is -2.08. The Morgan fingerprint density at radius 1 is 1.29 bits per heavy atom. The van der Waals surface area contributed by atoms with Gasteiger partial charge in [0, 0.05) is 6.61 Å². The maximum Gasteiger partial charge on any atom is 0.119 e. The van der Waals surface area contributed by atoms with Gasteiger partial charge in [-0.25, -0.2) is 0 Å². The fourth-order valence-electron chi connectivity index (χ4n) is 1.10. The molecule has 0 bridgehead atoms. The molecule has 1 aromatic rings. The average Bonchev–Trinajstić information content (AvgIpc) is 2.17. The van der Waals surface area contributed by atoms with Crippen molar-refractivity contribution in [3.63, 3.8) is 0 Å². The monoisotopic (exact) mass is 196 g/mol. The van der Waals surface area contributed by atoms with Crippen LogP contribution in [0.4, 0.5) is 0 Å². The SMILES string of the molecule is C[C@H](O)COc1ccc(CCO)cc1. The van der Waals surface area contributed by atoms with E-state index in [-0.39, 0.29) is 6.61 Å². The number of ether oxygens (including phenoxy) is 1. The van der Waals surface area contributed by atoms with Gasteiger partial charge in [-0.3, -0.25) is 0 Å². The molecular weight excluding hydrogens is 180 g/mol. The van der Waals surface area contributed by atoms with E-state index in [4.69, 9.17) is 14.9 Å². The van der Waals surface area contributed by atoms with Crippen molar-refractivity contribution in [2.24, 2.45) is 0 Å². The van der Waals surface area contributed by atoms with E-state index in [1.165, 1.54) is 0 Å². The summed E-state index contributed by atoms with van der Waals surface area (Å²) in [6.07, 6.45) is 0.212. The fourth-order valence-corrected chi connectivity index (χ4v) is 1.10. The van der Waals surface area contributed by atoms with Gasteiger partial charge in [0.1, 0.15) is 12.4 Å². The Labute approximate surface area is 84.0 Å². The van der Waals surface area contributed by atoms with Gasteiger partial charge in [-0.15, -0.1) is 0 Å². The van der Waals surface area contributed by atoms with Crippen LogP contribution < -0.4 is 4.74 Å². The van der Waals surface area contributed by atoms with Gasteiger partial charge in [-0.05, 0) is 31.0 Å². The van der Waals surface area contributed by atoms with Gasteiger partial charge in [0.05, 0.1) is 6.10 Å². The molecule has 0 aliphatic rings. The summed E-state index contributed by atoms with van der Waals surface area (Å²) < 4.78 is 5.29. The number of aliphatic hydroxyl groups is 2. The summed E-state index contributed by atoms with van der Waals surface area (Å²) in [6, 6.07) is 7.50. The smallest absolute Gasteiger partial charge is 0.119 e. The van der Waals surface area contributed by atoms with E-state index in [2.05, 4.69) is 0 Å². The zero-order valence-corrected chi connectivity index (χ0v) is 8.31. The lowest BCUT2D eigenvalue weighted by molar-refractivity contribution is 0.122. The number of rotatable bonds is 5. The summed E-state index contributed by atoms with van der Waals surface area (Å²) >= 11 is 0. The molecule has 0 aliphatic heterocycles. The lowest BCUT2D eigenvalue weighted by Crippen LogP contribution is -2.12. The maximum absolute atomic E-state index is 8.99. The minimum absolute atomic E-state index is 0.161. The van der Waals surface area contributed by atoms with Crippen LogP contribution in [0.3, 0.4) is 0 Å². The molecule has 0 aromatic heterocycles. The maximum atomic E-state index is 8.99. The Balaban J connectivity index is 2.46. The molecule has 0 unspecified atom stereocenters. The van der Waals surface area contributed by atoms with Gasteiger partial charge in [0.25, 0.3) is 0 Å². The third-order valence-electron chi connectivity index (χ3n) is 1.82. The summed E-state index contributed by atoms with van der Waals surface area (Å²) in [7, 11) is 0. The van der Waals surface area contributed by atoms with Gasteiger partial charge in [0.15, 0.2) is 0 Å². The van der Waals surface area contributed by atoms with Gasteiger partial charge in [-0.1, -0.05) is 12.1 Å². The predicted octanol–water partition coefficient (Wildman–Crippen LogP) is 0.981. The van der Waals surface area contributed by atoms with Crippen LogP contribution in [-0.2, 0) is 6.42 Å². The zero-order valence-electron chi connectivity index (χ0n) is 8.31. The summed E-state index contributed by atoms with van der Waals surface area (Å²) in [6.45, 7) is 2.15. The molecule has 0 aliphatic carbocycles. The van der Waals surface area contributed by atoms with Crippen LogP contribution in [0.1, 0.15) is 12.5 Å². The second-order valence-corrected chi connectivity index (χ2v) is 3.28. The zero-order chi connectivity index (χ0) is 10.4. The van der Waals surface area contributed by atoms with Crippen molar-refractivity contribution in [1.29, 1.82) is 0 Å². The Morgan fingerprint density at radius 3 is 2.43 bits per heavy atom. The average molecular weight is 196 g/mol. The molecule has 1 rings (SSSR count). The van der Waals surface area contributed by atoms with Crippen molar-refractivity contribution in [3.05, 3.63) is 29.8 Å². The molecule has 0 radical (unpaired) electrons. The first-order valence-corrected chi connectivity index (χ1v) is 4.73. The number of benzene rings is 1. The van der Waals surface area contributed by atoms with Crippen molar-refractivity contribution in [3.8, 4) is 5.75 Å². The number of hydrogen-bond acceptors (Lipinski definition) is 3. The van der Waals surface area contributed by atoms with E-state index in [0.29, 0.717) is 13.0 Å². The van der Waals surface area contributed by atoms with Crippen LogP contribution in [-0.4, -0.2) is 29.5 Å². The normalized spacial score (nSPS) is 12.5. The summed E-state index contributed by atoms with van der Waals surface area (Å²) in [4.78, 5) is 0. The molecule has 0 heterocycles. The molecule has 14 heavy (non-hydrogen) atoms. The van der Waals surface area contributed by atoms with E-state index in [0.717, 1.165) is 11.3 Å². The molecule has 3 nitrogen and oxygen atoms in total. The highest BCUT2D eigenvalue weighted by molar-refractivity contribution is 5.27. The van der Waals surface area contributed by atoms with Gasteiger partial charge < -0.3 is 14.9 Å². The van der Waals surface area contributed by atoms with Crippen LogP contribution in [0.2, 0.25) is 0 Å². The van der Waals surface area contributed by atoms with Crippen molar-refractivity contribution in [2.45, 2.75) is 19.4 Å². The van der Waals surface area contributed by atoms with Crippen molar-refractivity contribution >= 4 is 0 Å². The van der Waals surface area contributed by atoms with Crippen LogP contribution in [0, 0.1) is 0 Å². The Bertz CT molecular complexity index is 254. The second-order valence-electron chi connectivity index (χ2n) is 3.28. The summed E-state index contributed by atoms with van der Waals surface area (Å²) in [5.74, 6) is 0.743. The third kappa shape index (κ3) is 3.77. The first-order valence-electron chi connectivity index (χ1n) is 4.73. The molecule has 2 N–H and O–H groups in total. The standard InChI is InChI=1S/C11H16O3/c1-9(13)8-14-11-4-2-10(3-5-11)6-7-12/h2-5,9,12-13H,6-8H2,1H3/t9-/m0/s1. The minimum atomic E-state index is -0.452. The Kier molecular flexibility index (Phi) is 4.43. The molecule has 0 spiro atoms. The largest absolute Gasteiger partial charge is 0.491 e. The first-order chi connectivity index (χ1) is 6.72. The van der Waals surface area contributed by atoms with E-state index in [1.54, 1.807) is 6.92 Å². The Morgan fingerprint density at radius 2 is 1.93 bits per heavy atom. The molecule has 1 aromatic carbocycles. The molecule has 3 heteroatoms. The van der Waals surface area contributed by atoms with Gasteiger partial charge >= 0.3 is 0 Å². The van der Waals surface area contributed by atoms with Crippen LogP contribution in [0.15, 0.2) is 24.3 Å². The van der Waals surface area contributed by atoms with Gasteiger partial charge in [0.2, 0.25) is 0 Å². The first kappa shape index (κ1) is 11.0. The van der Waals surface area contributed by atoms with E-state index in [9.17, 15) is 0 Å². The molecule has 1 atom stereocenters. The molecule has 0 saturated carbocycles. The lowest BCUT2D eigenvalue weighted by atomic mass is 10.1. The number of aliphatic hydroxyl groups excluding tert-OH is 2. The summed E-state index contributed by atoms with van der Waals surface area (Å²) in [5, 5.41) is 17.7. The van der Waals surface area contributed by atoms with Crippen molar-refractivity contribution < 1.29 is 14.9 Å². The Hall–Kier alpha value is -1.06. The minimum Gasteiger partial charge on any atom is -0.491 e. The van der Waals surface area contributed by atoms with Crippen LogP contribution in [0.25, 0.3) is 0 Å². The van der Waals surface area contributed by atoms with E-state index in [1.807, 2.05) is 24.3 Å². The molecule has 0 amide bonds. The highest BCUT2D eigenvalue weighted by Gasteiger charge is 1.98. The molecule has 0 saturated heterocycles. The number of hydrogen-bond donors (Lipinski definition) is 2. The van der Waals surface area contributed by atoms with Gasteiger partial charge in [-0.2, -0.15) is 0 Å². The fraction of sp³-hybridized carbons (Fsp3) is 0.455. The molecule has 0 fully saturated rings. The second kappa shape index (κ2) is 5.62. The summed E-state index contributed by atoms with van der Waals surface area (Å²) in [5.41, 5.74) is 1.08. The molecule has 78 valence electrons. The van der Waals surface area contributed by atoms with E-state index < -0.39 is 6.10 Å². The topological polar surface area (TPSA) is 49.7 Å². The van der Waals surface area contributed by atoms with E-state index >= 15 is 0 Å². The quantitative estimate of drug-likeness (QED) is 0.738. The highest BCUT2D eigenvalue weighted by Crippen LogP contribution is 2.12. The highest BCUT2D eigenvalue weighted by atomic mass is 16.5.